The first kappa shape index (κ1) is 21.4. The number of benzene rings is 2. The monoisotopic (exact) mass is 409 g/mol. The van der Waals surface area contributed by atoms with E-state index in [1.807, 2.05) is 24.3 Å². The average molecular weight is 409 g/mol. The number of amides is 3. The Kier molecular flexibility index (Phi) is 6.72. The second-order valence-corrected chi connectivity index (χ2v) is 7.40. The predicted octanol–water partition coefficient (Wildman–Crippen LogP) is 2.71. The van der Waals surface area contributed by atoms with Crippen LogP contribution in [0.25, 0.3) is 0 Å². The molecule has 1 aliphatic heterocycles. The van der Waals surface area contributed by atoms with Crippen LogP contribution in [0.15, 0.2) is 48.5 Å². The number of nitrogens with zero attached hydrogens (tertiary/aromatic N) is 2. The van der Waals surface area contributed by atoms with Gasteiger partial charge in [0.05, 0.1) is 19.6 Å². The van der Waals surface area contributed by atoms with Gasteiger partial charge in [0.15, 0.2) is 0 Å². The Balaban J connectivity index is 1.55. The second kappa shape index (κ2) is 9.43. The Hall–Kier alpha value is -3.35. The molecule has 1 fully saturated rings. The summed E-state index contributed by atoms with van der Waals surface area (Å²) >= 11 is 0. The minimum Gasteiger partial charge on any atom is -0.497 e. The SMILES string of the molecule is CCc1ccc(N2CC(C(=O)N(C)CC(=O)Nc3ccc(OC)cc3)CC2=O)cc1. The summed E-state index contributed by atoms with van der Waals surface area (Å²) in [5.41, 5.74) is 2.62. The molecule has 0 spiro atoms. The molecule has 1 unspecified atom stereocenters. The smallest absolute Gasteiger partial charge is 0.243 e. The van der Waals surface area contributed by atoms with Gasteiger partial charge in [0, 0.05) is 31.4 Å². The van der Waals surface area contributed by atoms with Crippen LogP contribution in [0.4, 0.5) is 11.4 Å². The van der Waals surface area contributed by atoms with Gasteiger partial charge in [-0.15, -0.1) is 0 Å². The maximum absolute atomic E-state index is 12.8. The molecular weight excluding hydrogens is 382 g/mol. The number of rotatable bonds is 7. The zero-order valence-electron chi connectivity index (χ0n) is 17.6. The highest BCUT2D eigenvalue weighted by Crippen LogP contribution is 2.26. The van der Waals surface area contributed by atoms with Crippen LogP contribution in [0.5, 0.6) is 5.75 Å². The Morgan fingerprint density at radius 3 is 2.40 bits per heavy atom. The average Bonchev–Trinajstić information content (AvgIpc) is 3.15. The fraction of sp³-hybridized carbons (Fsp3) is 0.348. The van der Waals surface area contributed by atoms with Gasteiger partial charge in [-0.3, -0.25) is 14.4 Å². The molecule has 0 aromatic heterocycles. The standard InChI is InChI=1S/C23H27N3O4/c1-4-16-5-9-19(10-6-16)26-14-17(13-22(26)28)23(29)25(2)15-21(27)24-18-7-11-20(30-3)12-8-18/h5-12,17H,4,13-15H2,1-3H3,(H,24,27). The molecule has 1 atom stereocenters. The first-order chi connectivity index (χ1) is 14.4. The molecule has 1 saturated heterocycles. The van der Waals surface area contributed by atoms with Gasteiger partial charge >= 0.3 is 0 Å². The lowest BCUT2D eigenvalue weighted by molar-refractivity contribution is -0.137. The maximum atomic E-state index is 12.8. The summed E-state index contributed by atoms with van der Waals surface area (Å²) < 4.78 is 5.09. The van der Waals surface area contributed by atoms with Crippen LogP contribution in [0.2, 0.25) is 0 Å². The largest absolute Gasteiger partial charge is 0.497 e. The summed E-state index contributed by atoms with van der Waals surface area (Å²) in [5, 5.41) is 2.76. The van der Waals surface area contributed by atoms with Crippen LogP contribution >= 0.6 is 0 Å². The van der Waals surface area contributed by atoms with Gasteiger partial charge in [0.2, 0.25) is 17.7 Å². The topological polar surface area (TPSA) is 79.0 Å². The Labute approximate surface area is 176 Å². The quantitative estimate of drug-likeness (QED) is 0.763. The van der Waals surface area contributed by atoms with Crippen molar-refractivity contribution >= 4 is 29.1 Å². The van der Waals surface area contributed by atoms with E-state index in [2.05, 4.69) is 12.2 Å². The van der Waals surface area contributed by atoms with Crippen molar-refractivity contribution in [3.63, 3.8) is 0 Å². The number of hydrogen-bond acceptors (Lipinski definition) is 4. The minimum absolute atomic E-state index is 0.0753. The molecule has 2 aromatic rings. The highest BCUT2D eigenvalue weighted by atomic mass is 16.5. The third kappa shape index (κ3) is 4.97. The van der Waals surface area contributed by atoms with E-state index in [4.69, 9.17) is 4.74 Å². The van der Waals surface area contributed by atoms with Crippen LogP contribution in [-0.4, -0.2) is 49.9 Å². The normalized spacial score (nSPS) is 15.8. The lowest BCUT2D eigenvalue weighted by Crippen LogP contribution is -2.39. The number of ether oxygens (including phenoxy) is 1. The number of likely N-dealkylation sites (N-methyl/N-ethyl adjacent to an activating group) is 1. The van der Waals surface area contributed by atoms with Crippen LogP contribution < -0.4 is 15.0 Å². The summed E-state index contributed by atoms with van der Waals surface area (Å²) in [4.78, 5) is 40.6. The van der Waals surface area contributed by atoms with Gasteiger partial charge in [-0.25, -0.2) is 0 Å². The second-order valence-electron chi connectivity index (χ2n) is 7.40. The molecule has 1 N–H and O–H groups in total. The molecule has 1 heterocycles. The van der Waals surface area contributed by atoms with Gasteiger partial charge in [0.25, 0.3) is 0 Å². The van der Waals surface area contributed by atoms with E-state index in [9.17, 15) is 14.4 Å². The summed E-state index contributed by atoms with van der Waals surface area (Å²) in [7, 11) is 3.16. The molecule has 1 aliphatic rings. The molecule has 0 radical (unpaired) electrons. The van der Waals surface area contributed by atoms with E-state index in [0.717, 1.165) is 12.1 Å². The van der Waals surface area contributed by atoms with E-state index in [0.29, 0.717) is 18.0 Å². The maximum Gasteiger partial charge on any atom is 0.243 e. The molecule has 30 heavy (non-hydrogen) atoms. The Morgan fingerprint density at radius 2 is 1.80 bits per heavy atom. The van der Waals surface area contributed by atoms with Crippen molar-refractivity contribution < 1.29 is 19.1 Å². The van der Waals surface area contributed by atoms with Crippen LogP contribution in [-0.2, 0) is 20.8 Å². The van der Waals surface area contributed by atoms with Crippen molar-refractivity contribution in [3.8, 4) is 5.75 Å². The molecule has 2 aromatic carbocycles. The zero-order valence-corrected chi connectivity index (χ0v) is 17.6. The number of nitrogens with one attached hydrogen (secondary N) is 1. The third-order valence-electron chi connectivity index (χ3n) is 5.26. The fourth-order valence-electron chi connectivity index (χ4n) is 3.51. The Morgan fingerprint density at radius 1 is 1.13 bits per heavy atom. The first-order valence-electron chi connectivity index (χ1n) is 9.99. The van der Waals surface area contributed by atoms with E-state index >= 15 is 0 Å². The van der Waals surface area contributed by atoms with Crippen molar-refractivity contribution in [2.24, 2.45) is 5.92 Å². The van der Waals surface area contributed by atoms with Crippen LogP contribution in [0.1, 0.15) is 18.9 Å². The molecule has 7 nitrogen and oxygen atoms in total. The third-order valence-corrected chi connectivity index (χ3v) is 5.26. The highest BCUT2D eigenvalue weighted by molar-refractivity contribution is 6.01. The lowest BCUT2D eigenvalue weighted by Gasteiger charge is -2.21. The summed E-state index contributed by atoms with van der Waals surface area (Å²) in [6.07, 6.45) is 1.08. The van der Waals surface area contributed by atoms with E-state index in [1.165, 1.54) is 10.5 Å². The van der Waals surface area contributed by atoms with Crippen molar-refractivity contribution in [3.05, 3.63) is 54.1 Å². The number of carbonyl (C=O) groups is 3. The predicted molar refractivity (Wildman–Crippen MR) is 116 cm³/mol. The Bertz CT molecular complexity index is 909. The number of anilines is 2. The molecule has 3 rings (SSSR count). The number of methoxy groups -OCH3 is 1. The number of carbonyl (C=O) groups excluding carboxylic acids is 3. The van der Waals surface area contributed by atoms with Gasteiger partial charge in [0.1, 0.15) is 5.75 Å². The molecule has 0 saturated carbocycles. The van der Waals surface area contributed by atoms with Gasteiger partial charge < -0.3 is 19.9 Å². The van der Waals surface area contributed by atoms with E-state index in [-0.39, 0.29) is 30.7 Å². The first-order valence-corrected chi connectivity index (χ1v) is 9.99. The molecule has 7 heteroatoms. The zero-order chi connectivity index (χ0) is 21.7. The van der Waals surface area contributed by atoms with Crippen LogP contribution in [0, 0.1) is 5.92 Å². The van der Waals surface area contributed by atoms with Crippen LogP contribution in [0.3, 0.4) is 0 Å². The van der Waals surface area contributed by atoms with Crippen molar-refractivity contribution in [2.45, 2.75) is 19.8 Å². The van der Waals surface area contributed by atoms with Gasteiger partial charge in [-0.05, 0) is 48.4 Å². The van der Waals surface area contributed by atoms with Gasteiger partial charge in [-0.1, -0.05) is 19.1 Å². The van der Waals surface area contributed by atoms with E-state index in [1.54, 1.807) is 43.3 Å². The number of aryl methyl sites for hydroxylation is 1. The molecule has 0 bridgehead atoms. The molecule has 0 aliphatic carbocycles. The molecular formula is C23H27N3O4. The number of hydrogen-bond donors (Lipinski definition) is 1. The van der Waals surface area contributed by atoms with E-state index < -0.39 is 5.92 Å². The summed E-state index contributed by atoms with van der Waals surface area (Å²) in [6, 6.07) is 14.8. The highest BCUT2D eigenvalue weighted by Gasteiger charge is 2.36. The summed E-state index contributed by atoms with van der Waals surface area (Å²) in [5.74, 6) is -0.343. The van der Waals surface area contributed by atoms with Crippen molar-refractivity contribution in [1.82, 2.24) is 4.90 Å². The molecule has 3 amide bonds. The minimum atomic E-state index is -0.456. The fourth-order valence-corrected chi connectivity index (χ4v) is 3.51. The summed E-state index contributed by atoms with van der Waals surface area (Å²) in [6.45, 7) is 2.32. The van der Waals surface area contributed by atoms with Gasteiger partial charge in [-0.2, -0.15) is 0 Å². The molecule has 158 valence electrons. The lowest BCUT2D eigenvalue weighted by atomic mass is 10.1. The van der Waals surface area contributed by atoms with Crippen molar-refractivity contribution in [2.75, 3.05) is 37.5 Å². The van der Waals surface area contributed by atoms with Crippen molar-refractivity contribution in [1.29, 1.82) is 0 Å².